The third-order valence-corrected chi connectivity index (χ3v) is 3.05. The van der Waals surface area contributed by atoms with Crippen molar-refractivity contribution >= 4 is 17.7 Å². The zero-order valence-corrected chi connectivity index (χ0v) is 10.5. The summed E-state index contributed by atoms with van der Waals surface area (Å²) in [5.74, 6) is -0.134. The summed E-state index contributed by atoms with van der Waals surface area (Å²) in [6.45, 7) is 1.89. The van der Waals surface area contributed by atoms with Gasteiger partial charge in [0.15, 0.2) is 0 Å². The van der Waals surface area contributed by atoms with Crippen LogP contribution in [0.5, 0.6) is 0 Å². The number of amides is 1. The lowest BCUT2D eigenvalue weighted by molar-refractivity contribution is 0.0827. The summed E-state index contributed by atoms with van der Waals surface area (Å²) in [4.78, 5) is 15.4. The second kappa shape index (κ2) is 4.57. The Bertz CT molecular complexity index is 668. The molecule has 1 aliphatic rings. The van der Waals surface area contributed by atoms with E-state index in [-0.39, 0.29) is 5.91 Å². The Hall–Kier alpha value is -2.62. The van der Waals surface area contributed by atoms with Gasteiger partial charge in [-0.05, 0) is 25.1 Å². The smallest absolute Gasteiger partial charge is 0.278 e. The van der Waals surface area contributed by atoms with E-state index >= 15 is 0 Å². The van der Waals surface area contributed by atoms with Crippen LogP contribution in [0.3, 0.4) is 0 Å². The zero-order valence-electron chi connectivity index (χ0n) is 10.5. The highest BCUT2D eigenvalue weighted by atomic mass is 16.2. The molecule has 4 nitrogen and oxygen atoms in total. The van der Waals surface area contributed by atoms with Crippen LogP contribution >= 0.6 is 0 Å². The van der Waals surface area contributed by atoms with E-state index in [1.54, 1.807) is 18.3 Å². The highest BCUT2D eigenvalue weighted by Gasteiger charge is 2.16. The summed E-state index contributed by atoms with van der Waals surface area (Å²) in [7, 11) is 0. The number of rotatable bonds is 1. The predicted molar refractivity (Wildman–Crippen MR) is 74.6 cm³/mol. The van der Waals surface area contributed by atoms with Gasteiger partial charge >= 0.3 is 0 Å². The summed E-state index contributed by atoms with van der Waals surface area (Å²) in [5.41, 5.74) is 3.48. The Kier molecular flexibility index (Phi) is 2.76. The average molecular weight is 251 g/mol. The molecule has 2 heterocycles. The Labute approximate surface area is 111 Å². The minimum Gasteiger partial charge on any atom is -0.366 e. The first-order valence-electron chi connectivity index (χ1n) is 6.05. The van der Waals surface area contributed by atoms with E-state index in [0.717, 1.165) is 16.8 Å². The van der Waals surface area contributed by atoms with Gasteiger partial charge in [0.05, 0.1) is 5.71 Å². The number of hydrogen-bond acceptors (Lipinski definition) is 2. The first kappa shape index (κ1) is 11.5. The topological polar surface area (TPSA) is 48.5 Å². The molecule has 1 N–H and O–H groups in total. The van der Waals surface area contributed by atoms with Crippen LogP contribution in [0.4, 0.5) is 0 Å². The van der Waals surface area contributed by atoms with Gasteiger partial charge in [0, 0.05) is 35.3 Å². The van der Waals surface area contributed by atoms with Gasteiger partial charge in [0.1, 0.15) is 0 Å². The van der Waals surface area contributed by atoms with Gasteiger partial charge in [0.25, 0.3) is 5.91 Å². The fourth-order valence-corrected chi connectivity index (χ4v) is 2.05. The number of carbonyl (C=O) groups excluding carboxylic acids is 1. The van der Waals surface area contributed by atoms with E-state index in [0.29, 0.717) is 5.56 Å². The van der Waals surface area contributed by atoms with Gasteiger partial charge < -0.3 is 4.98 Å². The lowest BCUT2D eigenvalue weighted by Crippen LogP contribution is -2.21. The fourth-order valence-electron chi connectivity index (χ4n) is 2.05. The molecule has 1 aromatic carbocycles. The second-order valence-electron chi connectivity index (χ2n) is 4.34. The molecular formula is C15H13N3O. The molecule has 3 rings (SSSR count). The van der Waals surface area contributed by atoms with Crippen molar-refractivity contribution < 1.29 is 4.79 Å². The maximum Gasteiger partial charge on any atom is 0.278 e. The molecule has 0 fully saturated rings. The summed E-state index contributed by atoms with van der Waals surface area (Å²) < 4.78 is 0. The van der Waals surface area contributed by atoms with Crippen molar-refractivity contribution in [1.82, 2.24) is 9.99 Å². The van der Waals surface area contributed by atoms with Crippen molar-refractivity contribution in [3.8, 4) is 0 Å². The van der Waals surface area contributed by atoms with E-state index < -0.39 is 0 Å². The number of hydrazone groups is 1. The molecule has 19 heavy (non-hydrogen) atoms. The van der Waals surface area contributed by atoms with Gasteiger partial charge in [-0.3, -0.25) is 4.79 Å². The second-order valence-corrected chi connectivity index (χ2v) is 4.34. The highest BCUT2D eigenvalue weighted by molar-refractivity contribution is 6.04. The summed E-state index contributed by atoms with van der Waals surface area (Å²) in [5, 5.41) is 5.74. The normalized spacial score (nSPS) is 13.7. The Morgan fingerprint density at radius 1 is 1.21 bits per heavy atom. The molecule has 0 unspecified atom stereocenters. The van der Waals surface area contributed by atoms with Crippen molar-refractivity contribution in [3.63, 3.8) is 0 Å². The number of benzene rings is 1. The van der Waals surface area contributed by atoms with Crippen molar-refractivity contribution in [2.24, 2.45) is 5.10 Å². The zero-order chi connectivity index (χ0) is 13.2. The van der Waals surface area contributed by atoms with Crippen LogP contribution < -0.4 is 0 Å². The Morgan fingerprint density at radius 3 is 2.79 bits per heavy atom. The summed E-state index contributed by atoms with van der Waals surface area (Å²) >= 11 is 0. The van der Waals surface area contributed by atoms with Crippen molar-refractivity contribution in [1.29, 1.82) is 0 Å². The number of aromatic amines is 1. The van der Waals surface area contributed by atoms with E-state index in [2.05, 4.69) is 10.1 Å². The Balaban J connectivity index is 1.96. The van der Waals surface area contributed by atoms with E-state index in [1.165, 1.54) is 5.01 Å². The standard InChI is InChI=1S/C15H13N3O/c1-11-14-10-16-9-13(14)7-8-18(17-11)15(19)12-5-3-2-4-6-12/h2-10,16H,1H3. The molecule has 0 aliphatic carbocycles. The molecule has 4 heteroatoms. The first-order valence-corrected chi connectivity index (χ1v) is 6.05. The SMILES string of the molecule is CC1=NN(C(=O)c2ccccc2)C=Cc2c[nH]cc21. The molecule has 2 aromatic rings. The van der Waals surface area contributed by atoms with Crippen LogP contribution in [0, 0.1) is 0 Å². The van der Waals surface area contributed by atoms with Crippen LogP contribution in [0.25, 0.3) is 6.08 Å². The molecule has 0 saturated heterocycles. The minimum atomic E-state index is -0.134. The third-order valence-electron chi connectivity index (χ3n) is 3.05. The molecule has 1 amide bonds. The predicted octanol–water partition coefficient (Wildman–Crippen LogP) is 2.87. The Morgan fingerprint density at radius 2 is 2.00 bits per heavy atom. The number of H-pyrrole nitrogens is 1. The molecule has 0 atom stereocenters. The highest BCUT2D eigenvalue weighted by Crippen LogP contribution is 2.17. The molecule has 94 valence electrons. The van der Waals surface area contributed by atoms with Crippen LogP contribution in [0.2, 0.25) is 0 Å². The van der Waals surface area contributed by atoms with E-state index in [1.807, 2.05) is 43.6 Å². The lowest BCUT2D eigenvalue weighted by atomic mass is 10.1. The van der Waals surface area contributed by atoms with Crippen LogP contribution in [-0.4, -0.2) is 21.6 Å². The van der Waals surface area contributed by atoms with E-state index in [9.17, 15) is 4.79 Å². The number of hydrogen-bond donors (Lipinski definition) is 1. The fraction of sp³-hybridized carbons (Fsp3) is 0.0667. The maximum absolute atomic E-state index is 12.3. The number of carbonyl (C=O) groups is 1. The van der Waals surface area contributed by atoms with Crippen molar-refractivity contribution in [2.45, 2.75) is 6.92 Å². The number of fused-ring (bicyclic) bond motifs is 1. The molecule has 0 saturated carbocycles. The van der Waals surface area contributed by atoms with Crippen molar-refractivity contribution in [2.75, 3.05) is 0 Å². The number of nitrogens with one attached hydrogen (secondary N) is 1. The third kappa shape index (κ3) is 2.08. The van der Waals surface area contributed by atoms with Crippen LogP contribution in [0.1, 0.15) is 28.4 Å². The van der Waals surface area contributed by atoms with E-state index in [4.69, 9.17) is 0 Å². The molecule has 0 bridgehead atoms. The largest absolute Gasteiger partial charge is 0.366 e. The number of aromatic nitrogens is 1. The van der Waals surface area contributed by atoms with Gasteiger partial charge in [-0.15, -0.1) is 0 Å². The van der Waals surface area contributed by atoms with Gasteiger partial charge in [-0.1, -0.05) is 18.2 Å². The number of nitrogens with zero attached hydrogens (tertiary/aromatic N) is 2. The quantitative estimate of drug-likeness (QED) is 0.832. The minimum absolute atomic E-state index is 0.134. The summed E-state index contributed by atoms with van der Waals surface area (Å²) in [6.07, 6.45) is 7.35. The van der Waals surface area contributed by atoms with Gasteiger partial charge in [-0.25, -0.2) is 5.01 Å². The molecule has 1 aromatic heterocycles. The molecule has 0 spiro atoms. The monoisotopic (exact) mass is 251 g/mol. The first-order chi connectivity index (χ1) is 9.25. The molecule has 0 radical (unpaired) electrons. The van der Waals surface area contributed by atoms with Crippen LogP contribution in [-0.2, 0) is 0 Å². The maximum atomic E-state index is 12.3. The summed E-state index contributed by atoms with van der Waals surface area (Å²) in [6, 6.07) is 9.14. The van der Waals surface area contributed by atoms with Gasteiger partial charge in [0.2, 0.25) is 0 Å². The average Bonchev–Trinajstić information content (AvgIpc) is 2.86. The molecular weight excluding hydrogens is 238 g/mol. The molecule has 1 aliphatic heterocycles. The van der Waals surface area contributed by atoms with Crippen LogP contribution in [0.15, 0.2) is 54.0 Å². The van der Waals surface area contributed by atoms with Gasteiger partial charge in [-0.2, -0.15) is 5.10 Å². The lowest BCUT2D eigenvalue weighted by Gasteiger charge is -2.12. The van der Waals surface area contributed by atoms with Crippen molar-refractivity contribution in [3.05, 3.63) is 65.6 Å².